The minimum absolute atomic E-state index is 0.0183. The number of fused-ring (bicyclic) bond motifs is 4. The second-order valence-corrected chi connectivity index (χ2v) is 11.8. The maximum absolute atomic E-state index is 12.1. The molecule has 0 aromatic rings. The van der Waals surface area contributed by atoms with Gasteiger partial charge in [0.15, 0.2) is 0 Å². The zero-order chi connectivity index (χ0) is 34.9. The van der Waals surface area contributed by atoms with E-state index in [-0.39, 0.29) is 44.2 Å². The molecule has 48 heavy (non-hydrogen) atoms. The van der Waals surface area contributed by atoms with Gasteiger partial charge in [0.2, 0.25) is 0 Å². The zero-order valence-electron chi connectivity index (χ0n) is 26.8. The number of carbonyl (C=O) groups is 4. The Hall–Kier alpha value is -5.78. The molecular weight excluding hydrogens is 616 g/mol. The van der Waals surface area contributed by atoms with Gasteiger partial charge in [0, 0.05) is 24.8 Å². The summed E-state index contributed by atoms with van der Waals surface area (Å²) in [5.41, 5.74) is 8.90. The van der Waals surface area contributed by atoms with Gasteiger partial charge < -0.3 is 20.4 Å². The Kier molecular flexibility index (Phi) is 9.46. The molecule has 4 N–H and O–H groups in total. The van der Waals surface area contributed by atoms with Crippen molar-refractivity contribution in [1.29, 1.82) is 0 Å². The number of carboxylic acid groups (broad SMARTS) is 4. The summed E-state index contributed by atoms with van der Waals surface area (Å²) in [6, 6.07) is 0. The van der Waals surface area contributed by atoms with Crippen molar-refractivity contribution in [3.05, 3.63) is 104 Å². The Morgan fingerprint density at radius 1 is 0.542 bits per heavy atom. The molecule has 0 aliphatic carbocycles. The van der Waals surface area contributed by atoms with Crippen molar-refractivity contribution in [1.82, 2.24) is 0 Å². The topological polar surface area (TPSA) is 199 Å². The second-order valence-electron chi connectivity index (χ2n) is 11.8. The smallest absolute Gasteiger partial charge is 0.307 e. The van der Waals surface area contributed by atoms with E-state index in [0.717, 1.165) is 22.3 Å². The number of aliphatic imine (C=N–C) groups is 4. The molecule has 0 saturated heterocycles. The van der Waals surface area contributed by atoms with Crippen molar-refractivity contribution in [2.45, 2.75) is 65.7 Å². The number of hydrogen-bond acceptors (Lipinski definition) is 8. The fraction of sp³-hybridized carbons (Fsp3) is 0.278. The summed E-state index contributed by atoms with van der Waals surface area (Å²) < 4.78 is 0. The van der Waals surface area contributed by atoms with E-state index in [1.165, 1.54) is 0 Å². The summed E-state index contributed by atoms with van der Waals surface area (Å²) in [6.07, 6.45) is 7.81. The first-order valence-corrected chi connectivity index (χ1v) is 15.3. The predicted octanol–water partition coefficient (Wildman–Crippen LogP) is 5.86. The van der Waals surface area contributed by atoms with Gasteiger partial charge in [-0.25, -0.2) is 20.0 Å². The fourth-order valence-corrected chi connectivity index (χ4v) is 6.17. The van der Waals surface area contributed by atoms with Crippen LogP contribution in [-0.4, -0.2) is 67.2 Å². The van der Waals surface area contributed by atoms with Gasteiger partial charge in [0.1, 0.15) is 0 Å². The van der Waals surface area contributed by atoms with Crippen molar-refractivity contribution in [2.24, 2.45) is 20.0 Å². The first-order valence-electron chi connectivity index (χ1n) is 15.3. The third-order valence-corrected chi connectivity index (χ3v) is 8.70. The summed E-state index contributed by atoms with van der Waals surface area (Å²) in [7, 11) is 0. The lowest BCUT2D eigenvalue weighted by Crippen LogP contribution is -2.07. The molecule has 5 heterocycles. The SMILES string of the molecule is C=CC1=C(C)C2=NC1=CC1=NC(=CC3=NC(=CC4=NC(=C2)C(C)=C4CCC(=O)O)C(CCC(=O)O)=C3CC(=O)O)C(CCC(=O)O)=C1C. The summed E-state index contributed by atoms with van der Waals surface area (Å²) in [5, 5.41) is 38.4. The van der Waals surface area contributed by atoms with Gasteiger partial charge in [-0.05, 0) is 103 Å². The van der Waals surface area contributed by atoms with Crippen LogP contribution in [0.4, 0.5) is 0 Å². The van der Waals surface area contributed by atoms with E-state index in [9.17, 15) is 39.6 Å². The average Bonchev–Trinajstić information content (AvgIpc) is 3.67. The molecule has 5 aliphatic heterocycles. The van der Waals surface area contributed by atoms with Gasteiger partial charge in [-0.2, -0.15) is 0 Å². The van der Waals surface area contributed by atoms with Gasteiger partial charge in [0.25, 0.3) is 0 Å². The molecule has 0 saturated carbocycles. The molecule has 0 fully saturated rings. The summed E-state index contributed by atoms with van der Waals surface area (Å²) in [6.45, 7) is 9.57. The van der Waals surface area contributed by atoms with Crippen molar-refractivity contribution < 1.29 is 39.6 Å². The highest BCUT2D eigenvalue weighted by Gasteiger charge is 2.30. The van der Waals surface area contributed by atoms with E-state index >= 15 is 0 Å². The zero-order valence-corrected chi connectivity index (χ0v) is 26.8. The summed E-state index contributed by atoms with van der Waals surface area (Å²) in [4.78, 5) is 66.4. The monoisotopic (exact) mass is 650 g/mol. The van der Waals surface area contributed by atoms with Gasteiger partial charge in [0.05, 0.1) is 52.1 Å². The molecule has 0 aromatic carbocycles. The Morgan fingerprint density at radius 3 is 1.56 bits per heavy atom. The van der Waals surface area contributed by atoms with Gasteiger partial charge in [-0.1, -0.05) is 12.7 Å². The summed E-state index contributed by atoms with van der Waals surface area (Å²) in [5.74, 6) is -4.20. The van der Waals surface area contributed by atoms with Crippen LogP contribution in [0.5, 0.6) is 0 Å². The minimum Gasteiger partial charge on any atom is -0.481 e. The lowest BCUT2D eigenvalue weighted by molar-refractivity contribution is -0.138. The molecule has 246 valence electrons. The van der Waals surface area contributed by atoms with E-state index < -0.39 is 30.3 Å². The Morgan fingerprint density at radius 2 is 0.979 bits per heavy atom. The van der Waals surface area contributed by atoms with Crippen molar-refractivity contribution in [3.63, 3.8) is 0 Å². The molecule has 5 aliphatic rings. The lowest BCUT2D eigenvalue weighted by atomic mass is 9.94. The molecular formula is C36H34N4O8. The number of aliphatic carboxylic acids is 4. The minimum atomic E-state index is -1.15. The highest BCUT2D eigenvalue weighted by atomic mass is 16.4. The molecule has 0 aromatic heterocycles. The van der Waals surface area contributed by atoms with Crippen LogP contribution in [-0.2, 0) is 19.2 Å². The van der Waals surface area contributed by atoms with Crippen molar-refractivity contribution >= 4 is 46.7 Å². The maximum atomic E-state index is 12.1. The van der Waals surface area contributed by atoms with Crippen LogP contribution in [0.2, 0.25) is 0 Å². The first-order chi connectivity index (χ1) is 22.8. The molecule has 12 heteroatoms. The Bertz CT molecular complexity index is 1980. The Balaban J connectivity index is 1.82. The fourth-order valence-electron chi connectivity index (χ4n) is 6.17. The van der Waals surface area contributed by atoms with Crippen LogP contribution < -0.4 is 0 Å². The van der Waals surface area contributed by atoms with Crippen LogP contribution in [0.25, 0.3) is 0 Å². The highest BCUT2D eigenvalue weighted by Crippen LogP contribution is 2.39. The van der Waals surface area contributed by atoms with Crippen LogP contribution in [0.15, 0.2) is 124 Å². The quantitative estimate of drug-likeness (QED) is 0.201. The van der Waals surface area contributed by atoms with E-state index in [1.54, 1.807) is 24.3 Å². The molecule has 0 spiro atoms. The van der Waals surface area contributed by atoms with Gasteiger partial charge in [-0.3, -0.25) is 19.2 Å². The standard InChI is InChI=1S/C36H34N4O8/c1-5-20-17(2)25-13-26-18(3)21(6-9-33(41)42)29(38-26)15-31-23(8-11-35(45)46)24(12-36(47)48)32(40-31)16-30-22(7-10-34(43)44)19(4)27(39-30)14-28(20)37-25/h5,13-16H,1,6-12H2,2-4H3,(H,41,42)(H,43,44)(H,45,46)(H,47,48). The van der Waals surface area contributed by atoms with Crippen molar-refractivity contribution in [2.75, 3.05) is 0 Å². The Labute approximate surface area is 276 Å². The molecule has 12 nitrogen and oxygen atoms in total. The van der Waals surface area contributed by atoms with E-state index in [2.05, 4.69) is 6.58 Å². The van der Waals surface area contributed by atoms with Crippen molar-refractivity contribution in [3.8, 4) is 0 Å². The number of hydrogen-bond donors (Lipinski definition) is 4. The number of allylic oxidation sites excluding steroid dienone is 11. The van der Waals surface area contributed by atoms with Crippen LogP contribution in [0.3, 0.4) is 0 Å². The highest BCUT2D eigenvalue weighted by molar-refractivity contribution is 6.20. The third-order valence-electron chi connectivity index (χ3n) is 8.70. The number of carboxylic acids is 4. The number of nitrogens with zero attached hydrogens (tertiary/aromatic N) is 4. The third kappa shape index (κ3) is 6.82. The van der Waals surface area contributed by atoms with E-state index in [1.807, 2.05) is 26.8 Å². The normalized spacial score (nSPS) is 18.6. The van der Waals surface area contributed by atoms with Gasteiger partial charge in [-0.15, -0.1) is 0 Å². The van der Waals surface area contributed by atoms with Crippen LogP contribution in [0, 0.1) is 0 Å². The van der Waals surface area contributed by atoms with E-state index in [0.29, 0.717) is 62.2 Å². The number of rotatable bonds is 12. The second kappa shape index (κ2) is 13.5. The largest absolute Gasteiger partial charge is 0.481 e. The molecule has 0 radical (unpaired) electrons. The molecule has 5 rings (SSSR count). The maximum Gasteiger partial charge on any atom is 0.307 e. The average molecular weight is 651 g/mol. The molecule has 0 amide bonds. The summed E-state index contributed by atoms with van der Waals surface area (Å²) >= 11 is 0. The van der Waals surface area contributed by atoms with Crippen LogP contribution >= 0.6 is 0 Å². The van der Waals surface area contributed by atoms with Gasteiger partial charge >= 0.3 is 23.9 Å². The van der Waals surface area contributed by atoms with Crippen LogP contribution in [0.1, 0.15) is 65.7 Å². The molecule has 8 bridgehead atoms. The first kappa shape index (κ1) is 33.6. The predicted molar refractivity (Wildman–Crippen MR) is 180 cm³/mol. The van der Waals surface area contributed by atoms with E-state index in [4.69, 9.17) is 20.0 Å². The molecule has 0 unspecified atom stereocenters. The lowest BCUT2D eigenvalue weighted by Gasteiger charge is -2.08. The molecule has 0 atom stereocenters.